The van der Waals surface area contributed by atoms with E-state index in [-0.39, 0.29) is 32.0 Å². The van der Waals surface area contributed by atoms with Crippen LogP contribution in [-0.2, 0) is 25.7 Å². The van der Waals surface area contributed by atoms with Crippen LogP contribution in [-0.4, -0.2) is 42.4 Å². The molecule has 0 N–H and O–H groups in total. The normalized spacial score (nSPS) is 14.0. The molecule has 1 aromatic carbocycles. The molecular formula is C14H15NO5. The Morgan fingerprint density at radius 1 is 1.25 bits per heavy atom. The summed E-state index contributed by atoms with van der Waals surface area (Å²) in [7, 11) is 0. The molecular weight excluding hydrogens is 262 g/mol. The third kappa shape index (κ3) is 4.08. The van der Waals surface area contributed by atoms with Crippen LogP contribution in [0.2, 0.25) is 0 Å². The number of carbonyl (C=O) groups excluding carboxylic acids is 3. The van der Waals surface area contributed by atoms with Crippen LogP contribution in [0.3, 0.4) is 0 Å². The average Bonchev–Trinajstić information content (AvgIpc) is 2.83. The van der Waals surface area contributed by atoms with Crippen molar-refractivity contribution in [2.75, 3.05) is 19.7 Å². The number of hydrogen-bond donors (Lipinski definition) is 0. The molecule has 1 aromatic rings. The Morgan fingerprint density at radius 2 is 2.00 bits per heavy atom. The minimum absolute atomic E-state index is 0.112. The van der Waals surface area contributed by atoms with Gasteiger partial charge in [-0.15, -0.1) is 0 Å². The highest BCUT2D eigenvalue weighted by atomic mass is 16.6. The molecule has 0 unspecified atom stereocenters. The number of carbonyl (C=O) groups is 3. The standard InChI is InChI=1S/C14H15NO5/c16-12(9-15-6-7-19-14(15)18)8-13(17)20-10-11-4-2-1-3-5-11/h1-5H,6-10H2. The quantitative estimate of drug-likeness (QED) is 0.576. The highest BCUT2D eigenvalue weighted by Crippen LogP contribution is 2.05. The molecule has 1 saturated heterocycles. The lowest BCUT2D eigenvalue weighted by Gasteiger charge is -2.11. The van der Waals surface area contributed by atoms with Gasteiger partial charge in [-0.3, -0.25) is 14.5 Å². The van der Waals surface area contributed by atoms with Crippen molar-refractivity contribution in [1.82, 2.24) is 4.90 Å². The highest BCUT2D eigenvalue weighted by Gasteiger charge is 2.25. The Hall–Kier alpha value is -2.37. The summed E-state index contributed by atoms with van der Waals surface area (Å²) in [5, 5.41) is 0. The van der Waals surface area contributed by atoms with Crippen LogP contribution in [0.15, 0.2) is 30.3 Å². The molecule has 1 fully saturated rings. The molecule has 0 aromatic heterocycles. The largest absolute Gasteiger partial charge is 0.460 e. The summed E-state index contributed by atoms with van der Waals surface area (Å²) in [6.45, 7) is 0.687. The van der Waals surface area contributed by atoms with Crippen molar-refractivity contribution in [3.63, 3.8) is 0 Å². The first-order chi connectivity index (χ1) is 9.65. The van der Waals surface area contributed by atoms with Crippen LogP contribution in [0.5, 0.6) is 0 Å². The van der Waals surface area contributed by atoms with Crippen molar-refractivity contribution in [2.24, 2.45) is 0 Å². The number of Topliss-reactive ketones (excluding diaryl/α,β-unsaturated/α-hetero) is 1. The molecule has 0 radical (unpaired) electrons. The van der Waals surface area contributed by atoms with Gasteiger partial charge in [0.25, 0.3) is 0 Å². The molecule has 20 heavy (non-hydrogen) atoms. The van der Waals surface area contributed by atoms with Gasteiger partial charge in [0, 0.05) is 0 Å². The van der Waals surface area contributed by atoms with Crippen molar-refractivity contribution < 1.29 is 23.9 Å². The Labute approximate surface area is 116 Å². The van der Waals surface area contributed by atoms with Gasteiger partial charge in [-0.1, -0.05) is 30.3 Å². The number of ether oxygens (including phenoxy) is 2. The van der Waals surface area contributed by atoms with E-state index >= 15 is 0 Å². The highest BCUT2D eigenvalue weighted by molar-refractivity contribution is 5.97. The summed E-state index contributed by atoms with van der Waals surface area (Å²) in [5.41, 5.74) is 0.858. The molecule has 6 nitrogen and oxygen atoms in total. The van der Waals surface area contributed by atoms with Crippen molar-refractivity contribution in [3.8, 4) is 0 Å². The van der Waals surface area contributed by atoms with E-state index in [0.29, 0.717) is 6.54 Å². The van der Waals surface area contributed by atoms with E-state index in [4.69, 9.17) is 9.47 Å². The first kappa shape index (κ1) is 14.0. The Bertz CT molecular complexity index is 500. The number of benzene rings is 1. The van der Waals surface area contributed by atoms with E-state index in [0.717, 1.165) is 5.56 Å². The zero-order valence-corrected chi connectivity index (χ0v) is 10.9. The maximum Gasteiger partial charge on any atom is 0.410 e. The lowest BCUT2D eigenvalue weighted by Crippen LogP contribution is -2.31. The van der Waals surface area contributed by atoms with Gasteiger partial charge in [0.05, 0.1) is 13.1 Å². The maximum absolute atomic E-state index is 11.6. The number of ketones is 1. The molecule has 2 rings (SSSR count). The number of amides is 1. The summed E-state index contributed by atoms with van der Waals surface area (Å²) < 4.78 is 9.69. The van der Waals surface area contributed by atoms with Gasteiger partial charge < -0.3 is 9.47 Å². The molecule has 106 valence electrons. The van der Waals surface area contributed by atoms with E-state index in [9.17, 15) is 14.4 Å². The van der Waals surface area contributed by atoms with Crippen LogP contribution in [0.1, 0.15) is 12.0 Å². The van der Waals surface area contributed by atoms with E-state index < -0.39 is 12.1 Å². The van der Waals surface area contributed by atoms with Gasteiger partial charge >= 0.3 is 12.1 Å². The van der Waals surface area contributed by atoms with E-state index in [1.807, 2.05) is 30.3 Å². The molecule has 0 saturated carbocycles. The fourth-order valence-corrected chi connectivity index (χ4v) is 1.79. The Morgan fingerprint density at radius 3 is 2.65 bits per heavy atom. The smallest absolute Gasteiger partial charge is 0.410 e. The van der Waals surface area contributed by atoms with E-state index in [2.05, 4.69) is 0 Å². The molecule has 1 aliphatic rings. The number of esters is 1. The number of rotatable bonds is 6. The Balaban J connectivity index is 1.71. The summed E-state index contributed by atoms with van der Waals surface area (Å²) in [6, 6.07) is 9.20. The van der Waals surface area contributed by atoms with Gasteiger partial charge in [0.1, 0.15) is 19.6 Å². The lowest BCUT2D eigenvalue weighted by molar-refractivity contribution is -0.147. The molecule has 6 heteroatoms. The van der Waals surface area contributed by atoms with Crippen LogP contribution >= 0.6 is 0 Å². The van der Waals surface area contributed by atoms with Gasteiger partial charge in [0.2, 0.25) is 0 Å². The van der Waals surface area contributed by atoms with Gasteiger partial charge in [-0.05, 0) is 5.56 Å². The molecule has 0 spiro atoms. The summed E-state index contributed by atoms with van der Waals surface area (Å²) in [5.74, 6) is -0.951. The van der Waals surface area contributed by atoms with E-state index in [1.54, 1.807) is 0 Å². The molecule has 0 aliphatic carbocycles. The van der Waals surface area contributed by atoms with Gasteiger partial charge in [-0.25, -0.2) is 4.79 Å². The van der Waals surface area contributed by atoms with Crippen molar-refractivity contribution >= 4 is 17.8 Å². The minimum Gasteiger partial charge on any atom is -0.460 e. The van der Waals surface area contributed by atoms with Crippen LogP contribution in [0, 0.1) is 0 Å². The van der Waals surface area contributed by atoms with Gasteiger partial charge in [-0.2, -0.15) is 0 Å². The number of nitrogens with zero attached hydrogens (tertiary/aromatic N) is 1. The molecule has 1 heterocycles. The third-order valence-electron chi connectivity index (χ3n) is 2.80. The first-order valence-corrected chi connectivity index (χ1v) is 6.28. The second kappa shape index (κ2) is 6.70. The monoisotopic (exact) mass is 277 g/mol. The van der Waals surface area contributed by atoms with Crippen molar-refractivity contribution in [1.29, 1.82) is 0 Å². The van der Waals surface area contributed by atoms with Crippen molar-refractivity contribution in [2.45, 2.75) is 13.0 Å². The minimum atomic E-state index is -0.591. The lowest BCUT2D eigenvalue weighted by atomic mass is 10.2. The maximum atomic E-state index is 11.6. The summed E-state index contributed by atoms with van der Waals surface area (Å²) in [6.07, 6.45) is -0.854. The topological polar surface area (TPSA) is 72.9 Å². The molecule has 1 aliphatic heterocycles. The third-order valence-corrected chi connectivity index (χ3v) is 2.80. The van der Waals surface area contributed by atoms with E-state index in [1.165, 1.54) is 4.90 Å². The predicted octanol–water partition coefficient (Wildman–Crippen LogP) is 1.14. The number of hydrogen-bond acceptors (Lipinski definition) is 5. The molecule has 0 bridgehead atoms. The first-order valence-electron chi connectivity index (χ1n) is 6.28. The average molecular weight is 277 g/mol. The van der Waals surface area contributed by atoms with Gasteiger partial charge in [0.15, 0.2) is 5.78 Å². The van der Waals surface area contributed by atoms with Crippen molar-refractivity contribution in [3.05, 3.63) is 35.9 Å². The van der Waals surface area contributed by atoms with Crippen LogP contribution < -0.4 is 0 Å². The molecule has 1 amide bonds. The summed E-state index contributed by atoms with van der Waals surface area (Å²) >= 11 is 0. The fraction of sp³-hybridized carbons (Fsp3) is 0.357. The van der Waals surface area contributed by atoms with Crippen LogP contribution in [0.4, 0.5) is 4.79 Å². The fourth-order valence-electron chi connectivity index (χ4n) is 1.79. The van der Waals surface area contributed by atoms with Crippen LogP contribution in [0.25, 0.3) is 0 Å². The zero-order valence-electron chi connectivity index (χ0n) is 10.9. The second-order valence-electron chi connectivity index (χ2n) is 4.40. The summed E-state index contributed by atoms with van der Waals surface area (Å²) in [4.78, 5) is 35.5. The zero-order chi connectivity index (χ0) is 14.4. The number of cyclic esters (lactones) is 1. The predicted molar refractivity (Wildman–Crippen MR) is 68.8 cm³/mol. The Kier molecular flexibility index (Phi) is 4.70. The molecule has 0 atom stereocenters. The second-order valence-corrected chi connectivity index (χ2v) is 4.40. The SMILES string of the molecule is O=C(CC(=O)OCc1ccccc1)CN1CCOC1=O.